The fraction of sp³-hybridized carbons (Fsp3) is 0.391. The van der Waals surface area contributed by atoms with E-state index in [1.54, 1.807) is 48.5 Å². The van der Waals surface area contributed by atoms with Crippen LogP contribution in [0.3, 0.4) is 0 Å². The molecule has 0 heterocycles. The van der Waals surface area contributed by atoms with Crippen LogP contribution in [0, 0.1) is 5.92 Å². The number of benzene rings is 2. The van der Waals surface area contributed by atoms with E-state index in [4.69, 9.17) is 34.8 Å². The Morgan fingerprint density at radius 3 is 2.37 bits per heavy atom. The number of rotatable bonds is 6. The number of alkyl halides is 1. The Balaban J connectivity index is 2.04. The van der Waals surface area contributed by atoms with Crippen LogP contribution >= 0.6 is 34.8 Å². The van der Waals surface area contributed by atoms with E-state index in [-0.39, 0.29) is 17.8 Å². The topological polar surface area (TPSA) is 49.4 Å². The van der Waals surface area contributed by atoms with E-state index in [1.165, 1.54) is 11.3 Å². The standard InChI is InChI=1S/C23H25Cl3N2O2/c1-15-6-2-5-9-20(15)27-23(30)22(18-7-3-4-8-19(18)26)28(21(29)14-24)17-12-10-16(25)11-13-17/h3-4,7-8,10-13,15,20,22H,2,5-6,9,14H2,1H3,(H,27,30)/t15-,20+,22+/m1/s1. The van der Waals surface area contributed by atoms with Crippen molar-refractivity contribution in [3.63, 3.8) is 0 Å². The summed E-state index contributed by atoms with van der Waals surface area (Å²) in [6.45, 7) is 2.15. The maximum Gasteiger partial charge on any atom is 0.248 e. The SMILES string of the molecule is C[C@@H]1CCCC[C@@H]1NC(=O)[C@H](c1ccccc1Cl)N(C(=O)CCl)c1ccc(Cl)cc1. The third-order valence-electron chi connectivity index (χ3n) is 5.63. The van der Waals surface area contributed by atoms with Gasteiger partial charge in [-0.05, 0) is 49.1 Å². The summed E-state index contributed by atoms with van der Waals surface area (Å²) in [5.41, 5.74) is 1.08. The second-order valence-corrected chi connectivity index (χ2v) is 8.79. The Kier molecular flexibility index (Phi) is 8.04. The van der Waals surface area contributed by atoms with Gasteiger partial charge in [-0.1, -0.05) is 61.2 Å². The largest absolute Gasteiger partial charge is 0.351 e. The molecule has 7 heteroatoms. The lowest BCUT2D eigenvalue weighted by atomic mass is 9.85. The van der Waals surface area contributed by atoms with Crippen LogP contribution in [-0.2, 0) is 9.59 Å². The minimum Gasteiger partial charge on any atom is -0.351 e. The number of anilines is 1. The Hall–Kier alpha value is -1.75. The molecule has 0 aliphatic heterocycles. The van der Waals surface area contributed by atoms with Gasteiger partial charge < -0.3 is 5.32 Å². The van der Waals surface area contributed by atoms with Crippen LogP contribution in [0.5, 0.6) is 0 Å². The van der Waals surface area contributed by atoms with Gasteiger partial charge in [-0.2, -0.15) is 0 Å². The molecule has 3 atom stereocenters. The number of amides is 2. The minimum atomic E-state index is -0.944. The normalized spacial score (nSPS) is 19.7. The highest BCUT2D eigenvalue weighted by molar-refractivity contribution is 6.32. The fourth-order valence-corrected chi connectivity index (χ4v) is 4.48. The van der Waals surface area contributed by atoms with E-state index in [2.05, 4.69) is 12.2 Å². The van der Waals surface area contributed by atoms with Crippen molar-refractivity contribution in [3.05, 3.63) is 64.1 Å². The molecule has 160 valence electrons. The molecule has 0 saturated heterocycles. The average molecular weight is 468 g/mol. The second kappa shape index (κ2) is 10.5. The number of hydrogen-bond acceptors (Lipinski definition) is 2. The smallest absolute Gasteiger partial charge is 0.248 e. The Labute approximate surface area is 192 Å². The summed E-state index contributed by atoms with van der Waals surface area (Å²) in [4.78, 5) is 27.9. The predicted octanol–water partition coefficient (Wildman–Crippen LogP) is 6.00. The van der Waals surface area contributed by atoms with Crippen LogP contribution in [0.1, 0.15) is 44.2 Å². The molecule has 30 heavy (non-hydrogen) atoms. The summed E-state index contributed by atoms with van der Waals surface area (Å²) in [5.74, 6) is -0.551. The number of hydrogen-bond donors (Lipinski definition) is 1. The number of carbonyl (C=O) groups is 2. The Morgan fingerprint density at radius 1 is 1.07 bits per heavy atom. The Morgan fingerprint density at radius 2 is 1.73 bits per heavy atom. The Bertz CT molecular complexity index is 888. The highest BCUT2D eigenvalue weighted by Crippen LogP contribution is 2.34. The highest BCUT2D eigenvalue weighted by Gasteiger charge is 2.35. The summed E-state index contributed by atoms with van der Waals surface area (Å²) < 4.78 is 0. The van der Waals surface area contributed by atoms with E-state index in [1.807, 2.05) is 0 Å². The van der Waals surface area contributed by atoms with Crippen molar-refractivity contribution < 1.29 is 9.59 Å². The van der Waals surface area contributed by atoms with Gasteiger partial charge in [0, 0.05) is 27.3 Å². The molecular formula is C23H25Cl3N2O2. The van der Waals surface area contributed by atoms with E-state index >= 15 is 0 Å². The first-order valence-electron chi connectivity index (χ1n) is 10.1. The lowest BCUT2D eigenvalue weighted by Gasteiger charge is -2.35. The van der Waals surface area contributed by atoms with Gasteiger partial charge in [0.05, 0.1) is 0 Å². The number of halogens is 3. The van der Waals surface area contributed by atoms with Crippen LogP contribution in [0.4, 0.5) is 5.69 Å². The van der Waals surface area contributed by atoms with E-state index < -0.39 is 11.9 Å². The first kappa shape index (κ1) is 22.9. The number of carbonyl (C=O) groups excluding carboxylic acids is 2. The summed E-state index contributed by atoms with van der Waals surface area (Å²) in [6.07, 6.45) is 4.24. The molecule has 1 fully saturated rings. The lowest BCUT2D eigenvalue weighted by molar-refractivity contribution is -0.126. The molecule has 0 radical (unpaired) electrons. The van der Waals surface area contributed by atoms with Crippen LogP contribution in [0.15, 0.2) is 48.5 Å². The van der Waals surface area contributed by atoms with Crippen LogP contribution in [-0.4, -0.2) is 23.7 Å². The molecule has 2 aromatic carbocycles. The van der Waals surface area contributed by atoms with Crippen molar-refractivity contribution in [1.82, 2.24) is 5.32 Å². The molecule has 2 aromatic rings. The monoisotopic (exact) mass is 466 g/mol. The average Bonchev–Trinajstić information content (AvgIpc) is 2.74. The molecule has 2 amide bonds. The second-order valence-electron chi connectivity index (χ2n) is 7.67. The van der Waals surface area contributed by atoms with Gasteiger partial charge in [0.2, 0.25) is 11.8 Å². The molecule has 0 aromatic heterocycles. The quantitative estimate of drug-likeness (QED) is 0.530. The van der Waals surface area contributed by atoms with Crippen molar-refractivity contribution >= 4 is 52.3 Å². The maximum absolute atomic E-state index is 13.6. The van der Waals surface area contributed by atoms with Crippen LogP contribution in [0.25, 0.3) is 0 Å². The molecule has 0 unspecified atom stereocenters. The lowest BCUT2D eigenvalue weighted by Crippen LogP contribution is -2.49. The van der Waals surface area contributed by atoms with Crippen molar-refractivity contribution in [2.75, 3.05) is 10.8 Å². The van der Waals surface area contributed by atoms with Gasteiger partial charge in [-0.25, -0.2) is 0 Å². The van der Waals surface area contributed by atoms with Crippen LogP contribution < -0.4 is 10.2 Å². The zero-order chi connectivity index (χ0) is 21.7. The van der Waals surface area contributed by atoms with Gasteiger partial charge in [-0.3, -0.25) is 14.5 Å². The maximum atomic E-state index is 13.6. The molecule has 4 nitrogen and oxygen atoms in total. The minimum absolute atomic E-state index is 0.0643. The molecule has 0 spiro atoms. The third kappa shape index (κ3) is 5.29. The zero-order valence-corrected chi connectivity index (χ0v) is 19.1. The predicted molar refractivity (Wildman–Crippen MR) is 123 cm³/mol. The molecule has 3 rings (SSSR count). The van der Waals surface area contributed by atoms with Gasteiger partial charge in [0.25, 0.3) is 0 Å². The van der Waals surface area contributed by atoms with Crippen molar-refractivity contribution in [2.24, 2.45) is 5.92 Å². The van der Waals surface area contributed by atoms with E-state index in [9.17, 15) is 9.59 Å². The van der Waals surface area contributed by atoms with Gasteiger partial charge in [-0.15, -0.1) is 11.6 Å². The summed E-state index contributed by atoms with van der Waals surface area (Å²) in [5, 5.41) is 4.12. The highest BCUT2D eigenvalue weighted by atomic mass is 35.5. The van der Waals surface area contributed by atoms with Crippen molar-refractivity contribution in [2.45, 2.75) is 44.7 Å². The zero-order valence-electron chi connectivity index (χ0n) is 16.8. The van der Waals surface area contributed by atoms with Crippen LogP contribution in [0.2, 0.25) is 10.0 Å². The molecule has 0 bridgehead atoms. The number of nitrogens with one attached hydrogen (secondary N) is 1. The first-order valence-corrected chi connectivity index (χ1v) is 11.4. The van der Waals surface area contributed by atoms with Crippen molar-refractivity contribution in [3.8, 4) is 0 Å². The first-order chi connectivity index (χ1) is 14.4. The molecule has 1 saturated carbocycles. The fourth-order valence-electron chi connectivity index (χ4n) is 3.99. The van der Waals surface area contributed by atoms with Gasteiger partial charge >= 0.3 is 0 Å². The summed E-state index contributed by atoms with van der Waals surface area (Å²) >= 11 is 18.4. The summed E-state index contributed by atoms with van der Waals surface area (Å²) in [7, 11) is 0. The third-order valence-corrected chi connectivity index (χ3v) is 6.46. The van der Waals surface area contributed by atoms with E-state index in [0.717, 1.165) is 19.3 Å². The molecule has 1 aliphatic rings. The molecular weight excluding hydrogens is 443 g/mol. The number of nitrogens with zero attached hydrogens (tertiary/aromatic N) is 1. The van der Waals surface area contributed by atoms with E-state index in [0.29, 0.717) is 27.2 Å². The van der Waals surface area contributed by atoms with Gasteiger partial charge in [0.1, 0.15) is 11.9 Å². The van der Waals surface area contributed by atoms with Crippen molar-refractivity contribution in [1.29, 1.82) is 0 Å². The molecule has 1 aliphatic carbocycles. The summed E-state index contributed by atoms with van der Waals surface area (Å²) in [6, 6.07) is 12.9. The molecule has 1 N–H and O–H groups in total. The van der Waals surface area contributed by atoms with Gasteiger partial charge in [0.15, 0.2) is 0 Å².